The minimum Gasteiger partial charge on any atom is -0.493 e. The summed E-state index contributed by atoms with van der Waals surface area (Å²) in [5.74, 6) is -0.469. The smallest absolute Gasteiger partial charge is 0.344 e. The van der Waals surface area contributed by atoms with Crippen molar-refractivity contribution >= 4 is 57.3 Å². The molecule has 1 atom stereocenters. The van der Waals surface area contributed by atoms with E-state index in [9.17, 15) is 14.4 Å². The predicted octanol–water partition coefficient (Wildman–Crippen LogP) is 3.28. The molecule has 0 aromatic heterocycles. The van der Waals surface area contributed by atoms with Crippen LogP contribution in [0.2, 0.25) is 0 Å². The standard InChI is InChI=1S/C28H31BrN4O8S/c1-5-38-24(35)15-41-22-12-19(29)17(11-21(22)37-4)13-30-33-23(34)14-40-20-10-8-7-9-18(20)26-25(27(36)39-6-2)16(3)31-28(42)32-26/h7-13,26H,5-6,14-15H2,1-4H3,(H,33,34)(H2,31,32,42)/t26-/m1/s1. The van der Waals surface area contributed by atoms with E-state index < -0.39 is 23.9 Å². The molecule has 12 nitrogen and oxygen atoms in total. The molecule has 0 unspecified atom stereocenters. The van der Waals surface area contributed by atoms with Crippen LogP contribution in [0, 0.1) is 0 Å². The number of hydrogen-bond donors (Lipinski definition) is 3. The molecule has 0 aliphatic carbocycles. The van der Waals surface area contributed by atoms with Gasteiger partial charge in [-0.1, -0.05) is 18.2 Å². The van der Waals surface area contributed by atoms with Crippen LogP contribution in [0.25, 0.3) is 0 Å². The van der Waals surface area contributed by atoms with Crippen LogP contribution in [-0.2, 0) is 23.9 Å². The van der Waals surface area contributed by atoms with E-state index in [1.807, 2.05) is 0 Å². The van der Waals surface area contributed by atoms with Crippen LogP contribution in [0.1, 0.15) is 37.9 Å². The lowest BCUT2D eigenvalue weighted by atomic mass is 9.95. The molecule has 0 radical (unpaired) electrons. The predicted molar refractivity (Wildman–Crippen MR) is 161 cm³/mol. The number of thiocarbonyl (C=S) groups is 1. The van der Waals surface area contributed by atoms with E-state index in [0.29, 0.717) is 49.2 Å². The van der Waals surface area contributed by atoms with Gasteiger partial charge in [-0.2, -0.15) is 5.10 Å². The van der Waals surface area contributed by atoms with Crippen LogP contribution in [0.5, 0.6) is 17.2 Å². The second-order valence-corrected chi connectivity index (χ2v) is 9.79. The summed E-state index contributed by atoms with van der Waals surface area (Å²) in [7, 11) is 1.46. The molecular formula is C28H31BrN4O8S. The van der Waals surface area contributed by atoms with Gasteiger partial charge in [0.2, 0.25) is 0 Å². The van der Waals surface area contributed by atoms with Crippen molar-refractivity contribution in [2.75, 3.05) is 33.5 Å². The van der Waals surface area contributed by atoms with Crippen molar-refractivity contribution < 1.29 is 38.1 Å². The number of para-hydroxylation sites is 1. The van der Waals surface area contributed by atoms with Crippen LogP contribution in [-0.4, -0.2) is 62.7 Å². The fourth-order valence-corrected chi connectivity index (χ4v) is 4.56. The van der Waals surface area contributed by atoms with E-state index in [1.54, 1.807) is 57.2 Å². The Morgan fingerprint density at radius 3 is 2.48 bits per heavy atom. The van der Waals surface area contributed by atoms with Crippen LogP contribution < -0.4 is 30.3 Å². The number of rotatable bonds is 13. The second-order valence-electron chi connectivity index (χ2n) is 8.53. The van der Waals surface area contributed by atoms with E-state index in [4.69, 9.17) is 35.9 Å². The Morgan fingerprint density at radius 1 is 1.05 bits per heavy atom. The third-order valence-electron chi connectivity index (χ3n) is 5.68. The molecular weight excluding hydrogens is 632 g/mol. The summed E-state index contributed by atoms with van der Waals surface area (Å²) < 4.78 is 27.3. The van der Waals surface area contributed by atoms with Crippen LogP contribution in [0.15, 0.2) is 57.2 Å². The van der Waals surface area contributed by atoms with Crippen molar-refractivity contribution in [3.63, 3.8) is 0 Å². The normalized spacial score (nSPS) is 14.5. The monoisotopic (exact) mass is 662 g/mol. The first-order chi connectivity index (χ1) is 20.2. The molecule has 2 aromatic carbocycles. The molecule has 3 rings (SSSR count). The van der Waals surface area contributed by atoms with Crippen molar-refractivity contribution in [3.8, 4) is 17.2 Å². The fraction of sp³-hybridized carbons (Fsp3) is 0.321. The quantitative estimate of drug-likeness (QED) is 0.126. The van der Waals surface area contributed by atoms with E-state index in [0.717, 1.165) is 0 Å². The molecule has 0 fully saturated rings. The minimum atomic E-state index is -0.647. The van der Waals surface area contributed by atoms with Crippen LogP contribution in [0.4, 0.5) is 0 Å². The highest BCUT2D eigenvalue weighted by Gasteiger charge is 2.32. The molecule has 2 aromatic rings. The summed E-state index contributed by atoms with van der Waals surface area (Å²) in [6.45, 7) is 5.00. The van der Waals surface area contributed by atoms with E-state index >= 15 is 0 Å². The van der Waals surface area contributed by atoms with Gasteiger partial charge in [0.25, 0.3) is 5.91 Å². The minimum absolute atomic E-state index is 0.211. The number of hydrogen-bond acceptors (Lipinski definition) is 10. The number of halogens is 1. The number of nitrogens with zero attached hydrogens (tertiary/aromatic N) is 1. The van der Waals surface area contributed by atoms with Crippen molar-refractivity contribution in [3.05, 3.63) is 63.3 Å². The van der Waals surface area contributed by atoms with E-state index in [1.165, 1.54) is 13.3 Å². The number of amides is 1. The highest BCUT2D eigenvalue weighted by atomic mass is 79.9. The highest BCUT2D eigenvalue weighted by molar-refractivity contribution is 9.10. The highest BCUT2D eigenvalue weighted by Crippen LogP contribution is 2.34. The summed E-state index contributed by atoms with van der Waals surface area (Å²) in [5, 5.41) is 10.4. The van der Waals surface area contributed by atoms with Gasteiger partial charge in [0.15, 0.2) is 29.8 Å². The lowest BCUT2D eigenvalue weighted by Gasteiger charge is -2.30. The Bertz CT molecular complexity index is 1400. The lowest BCUT2D eigenvalue weighted by Crippen LogP contribution is -2.45. The first kappa shape index (κ1) is 32.3. The van der Waals surface area contributed by atoms with Gasteiger partial charge in [0.1, 0.15) is 5.75 Å². The molecule has 0 saturated heterocycles. The van der Waals surface area contributed by atoms with Crippen LogP contribution >= 0.6 is 28.1 Å². The van der Waals surface area contributed by atoms with Crippen molar-refractivity contribution in [2.45, 2.75) is 26.8 Å². The number of carbonyl (C=O) groups excluding carboxylic acids is 3. The van der Waals surface area contributed by atoms with Gasteiger partial charge >= 0.3 is 11.9 Å². The van der Waals surface area contributed by atoms with Crippen molar-refractivity contribution in [1.82, 2.24) is 16.1 Å². The molecule has 0 spiro atoms. The number of methoxy groups -OCH3 is 1. The van der Waals surface area contributed by atoms with Gasteiger partial charge in [-0.25, -0.2) is 15.0 Å². The number of hydrazone groups is 1. The largest absolute Gasteiger partial charge is 0.493 e. The molecule has 1 aliphatic rings. The number of carbonyl (C=O) groups is 3. The van der Waals surface area contributed by atoms with E-state index in [2.05, 4.69) is 37.1 Å². The molecule has 224 valence electrons. The van der Waals surface area contributed by atoms with E-state index in [-0.39, 0.29) is 26.4 Å². The molecule has 42 heavy (non-hydrogen) atoms. The van der Waals surface area contributed by atoms with Gasteiger partial charge in [-0.05, 0) is 67.1 Å². The summed E-state index contributed by atoms with van der Waals surface area (Å²) in [5.41, 5.74) is 4.50. The maximum atomic E-state index is 12.7. The van der Waals surface area contributed by atoms with Gasteiger partial charge < -0.3 is 34.3 Å². The first-order valence-electron chi connectivity index (χ1n) is 12.8. The summed E-state index contributed by atoms with van der Waals surface area (Å²) in [6.07, 6.45) is 1.41. The molecule has 0 bridgehead atoms. The van der Waals surface area contributed by atoms with Crippen LogP contribution in [0.3, 0.4) is 0 Å². The Morgan fingerprint density at radius 2 is 1.76 bits per heavy atom. The SMILES string of the molecule is CCOC(=O)COc1cc(Br)c(C=NNC(=O)COc2ccccc2[C@H]2NC(=S)NC(C)=C2C(=O)OCC)cc1OC. The number of esters is 2. The first-order valence-corrected chi connectivity index (χ1v) is 14.0. The summed E-state index contributed by atoms with van der Waals surface area (Å²) in [4.78, 5) is 36.9. The Balaban J connectivity index is 1.67. The zero-order valence-electron chi connectivity index (χ0n) is 23.4. The van der Waals surface area contributed by atoms with Gasteiger partial charge in [-0.15, -0.1) is 0 Å². The maximum Gasteiger partial charge on any atom is 0.344 e. The maximum absolute atomic E-state index is 12.7. The van der Waals surface area contributed by atoms with Gasteiger partial charge in [-0.3, -0.25) is 4.79 Å². The van der Waals surface area contributed by atoms with Crippen molar-refractivity contribution in [1.29, 1.82) is 0 Å². The third kappa shape index (κ3) is 8.66. The fourth-order valence-electron chi connectivity index (χ4n) is 3.87. The Kier molecular flexibility index (Phi) is 12.1. The second kappa shape index (κ2) is 15.7. The number of allylic oxidation sites excluding steroid dienone is 1. The Labute approximate surface area is 256 Å². The Hall–Kier alpha value is -4.17. The molecule has 1 heterocycles. The topological polar surface area (TPSA) is 146 Å². The lowest BCUT2D eigenvalue weighted by molar-refractivity contribution is -0.145. The molecule has 3 N–H and O–H groups in total. The summed E-state index contributed by atoms with van der Waals surface area (Å²) >= 11 is 8.72. The average Bonchev–Trinajstić information content (AvgIpc) is 2.95. The molecule has 0 saturated carbocycles. The van der Waals surface area contributed by atoms with Gasteiger partial charge in [0.05, 0.1) is 38.2 Å². The number of benzene rings is 2. The zero-order valence-corrected chi connectivity index (χ0v) is 25.8. The molecule has 1 aliphatic heterocycles. The van der Waals surface area contributed by atoms with Crippen molar-refractivity contribution in [2.24, 2.45) is 5.10 Å². The summed E-state index contributed by atoms with van der Waals surface area (Å²) in [6, 6.07) is 9.59. The average molecular weight is 664 g/mol. The molecule has 14 heteroatoms. The molecule has 1 amide bonds. The van der Waals surface area contributed by atoms with Gasteiger partial charge in [0, 0.05) is 21.3 Å². The third-order valence-corrected chi connectivity index (χ3v) is 6.59. The number of ether oxygens (including phenoxy) is 5. The zero-order chi connectivity index (χ0) is 30.6. The number of nitrogens with one attached hydrogen (secondary N) is 3.